The number of nitrogens with one attached hydrogen (secondary N) is 1. The van der Waals surface area contributed by atoms with Gasteiger partial charge in [-0.1, -0.05) is 28.9 Å². The van der Waals surface area contributed by atoms with Crippen molar-refractivity contribution in [2.45, 2.75) is 25.9 Å². The molecule has 19 heavy (non-hydrogen) atoms. The topological polar surface area (TPSA) is 55.9 Å². The third kappa shape index (κ3) is 3.58. The van der Waals surface area contributed by atoms with Crippen molar-refractivity contribution < 1.29 is 0 Å². The van der Waals surface area contributed by atoms with Gasteiger partial charge in [-0.2, -0.15) is 0 Å². The largest absolute Gasteiger partial charge is 0.375 e. The van der Waals surface area contributed by atoms with Gasteiger partial charge in [-0.05, 0) is 24.6 Å². The monoisotopic (exact) mass is 322 g/mol. The fraction of sp³-hybridized carbons (Fsp3) is 0.357. The molecule has 0 fully saturated rings. The number of halogens is 1. The predicted octanol–water partition coefficient (Wildman–Crippen LogP) is 3.17. The van der Waals surface area contributed by atoms with Gasteiger partial charge in [0, 0.05) is 23.2 Å². The summed E-state index contributed by atoms with van der Waals surface area (Å²) in [5.74, 6) is 0. The van der Waals surface area contributed by atoms with E-state index in [0.717, 1.165) is 28.8 Å². The summed E-state index contributed by atoms with van der Waals surface area (Å²) in [5, 5.41) is 3.45. The lowest BCUT2D eigenvalue weighted by Crippen LogP contribution is -2.23. The number of nitrogens with two attached hydrogens (primary N) is 1. The van der Waals surface area contributed by atoms with Crippen LogP contribution in [0.3, 0.4) is 0 Å². The molecule has 0 aliphatic rings. The highest BCUT2D eigenvalue weighted by Crippen LogP contribution is 2.21. The Morgan fingerprint density at radius 3 is 3.00 bits per heavy atom. The Morgan fingerprint density at radius 1 is 1.47 bits per heavy atom. The van der Waals surface area contributed by atoms with Gasteiger partial charge in [0.2, 0.25) is 0 Å². The zero-order valence-electron chi connectivity index (χ0n) is 11.0. The molecule has 1 atom stereocenters. The average molecular weight is 323 g/mol. The van der Waals surface area contributed by atoms with E-state index in [1.807, 2.05) is 36.8 Å². The molecular weight excluding hydrogens is 304 g/mol. The molecule has 0 spiro atoms. The molecule has 5 heteroatoms. The fourth-order valence-corrected chi connectivity index (χ4v) is 2.48. The minimum absolute atomic E-state index is 0.0725. The van der Waals surface area contributed by atoms with Crippen LogP contribution in [0.4, 0.5) is 5.69 Å². The summed E-state index contributed by atoms with van der Waals surface area (Å²) in [6, 6.07) is 8.16. The van der Waals surface area contributed by atoms with Crippen molar-refractivity contribution in [3.8, 4) is 0 Å². The highest BCUT2D eigenvalue weighted by molar-refractivity contribution is 9.10. The molecule has 4 nitrogen and oxygen atoms in total. The smallest absolute Gasteiger partial charge is 0.0948 e. The number of aryl methyl sites for hydroxylation is 1. The molecule has 0 aliphatic heterocycles. The van der Waals surface area contributed by atoms with E-state index in [2.05, 4.69) is 37.7 Å². The molecule has 1 unspecified atom stereocenters. The Bertz CT molecular complexity index is 524. The normalized spacial score (nSPS) is 12.4. The first-order chi connectivity index (χ1) is 9.24. The SMILES string of the molecule is CCCn1cncc1C(CN)Nc1cccc(Br)c1. The molecule has 0 saturated carbocycles. The second-order valence-corrected chi connectivity index (χ2v) is 5.37. The number of hydrogen-bond donors (Lipinski definition) is 2. The molecule has 0 amide bonds. The summed E-state index contributed by atoms with van der Waals surface area (Å²) in [7, 11) is 0. The van der Waals surface area contributed by atoms with Gasteiger partial charge in [-0.25, -0.2) is 4.98 Å². The Hall–Kier alpha value is -1.33. The summed E-state index contributed by atoms with van der Waals surface area (Å²) < 4.78 is 3.21. The van der Waals surface area contributed by atoms with Crippen molar-refractivity contribution >= 4 is 21.6 Å². The quantitative estimate of drug-likeness (QED) is 0.858. The van der Waals surface area contributed by atoms with Crippen LogP contribution in [0.15, 0.2) is 41.3 Å². The van der Waals surface area contributed by atoms with E-state index in [4.69, 9.17) is 5.73 Å². The lowest BCUT2D eigenvalue weighted by Gasteiger charge is -2.20. The molecule has 0 radical (unpaired) electrons. The zero-order valence-corrected chi connectivity index (χ0v) is 12.6. The van der Waals surface area contributed by atoms with Crippen LogP contribution >= 0.6 is 15.9 Å². The minimum Gasteiger partial charge on any atom is -0.375 e. The van der Waals surface area contributed by atoms with E-state index in [1.165, 1.54) is 0 Å². The number of hydrogen-bond acceptors (Lipinski definition) is 3. The van der Waals surface area contributed by atoms with Crippen LogP contribution in [-0.2, 0) is 6.54 Å². The number of anilines is 1. The second kappa shape index (κ2) is 6.73. The second-order valence-electron chi connectivity index (χ2n) is 4.45. The van der Waals surface area contributed by atoms with E-state index < -0.39 is 0 Å². The Labute approximate surface area is 122 Å². The summed E-state index contributed by atoms with van der Waals surface area (Å²) in [6.07, 6.45) is 4.83. The third-order valence-corrected chi connectivity index (χ3v) is 3.46. The van der Waals surface area contributed by atoms with Gasteiger partial charge < -0.3 is 15.6 Å². The summed E-state index contributed by atoms with van der Waals surface area (Å²) in [6.45, 7) is 3.65. The Kier molecular flexibility index (Phi) is 4.99. The molecule has 1 aromatic carbocycles. The van der Waals surface area contributed by atoms with Crippen molar-refractivity contribution in [3.63, 3.8) is 0 Å². The number of imidazole rings is 1. The summed E-state index contributed by atoms with van der Waals surface area (Å²) in [4.78, 5) is 4.23. The lowest BCUT2D eigenvalue weighted by atomic mass is 10.2. The Morgan fingerprint density at radius 2 is 2.32 bits per heavy atom. The fourth-order valence-electron chi connectivity index (χ4n) is 2.08. The van der Waals surface area contributed by atoms with Crippen LogP contribution in [0.5, 0.6) is 0 Å². The standard InChI is InChI=1S/C14H19BrN4/c1-2-6-19-10-17-9-14(19)13(8-16)18-12-5-3-4-11(15)7-12/h3-5,7,9-10,13,18H,2,6,8,16H2,1H3. The predicted molar refractivity (Wildman–Crippen MR) is 82.1 cm³/mol. The van der Waals surface area contributed by atoms with E-state index in [1.54, 1.807) is 0 Å². The lowest BCUT2D eigenvalue weighted by molar-refractivity contribution is 0.613. The summed E-state index contributed by atoms with van der Waals surface area (Å²) >= 11 is 3.47. The number of benzene rings is 1. The maximum atomic E-state index is 5.90. The van der Waals surface area contributed by atoms with Gasteiger partial charge in [-0.15, -0.1) is 0 Å². The van der Waals surface area contributed by atoms with Crippen LogP contribution in [0.25, 0.3) is 0 Å². The molecule has 0 saturated heterocycles. The van der Waals surface area contributed by atoms with Crippen molar-refractivity contribution in [1.29, 1.82) is 0 Å². The summed E-state index contributed by atoms with van der Waals surface area (Å²) in [5.41, 5.74) is 8.08. The van der Waals surface area contributed by atoms with Gasteiger partial charge in [0.25, 0.3) is 0 Å². The maximum absolute atomic E-state index is 5.90. The van der Waals surface area contributed by atoms with Crippen molar-refractivity contribution in [2.24, 2.45) is 5.73 Å². The zero-order chi connectivity index (χ0) is 13.7. The first-order valence-electron chi connectivity index (χ1n) is 6.46. The average Bonchev–Trinajstić information content (AvgIpc) is 2.85. The molecule has 1 heterocycles. The number of aromatic nitrogens is 2. The highest BCUT2D eigenvalue weighted by atomic mass is 79.9. The van der Waals surface area contributed by atoms with Crippen molar-refractivity contribution in [2.75, 3.05) is 11.9 Å². The first kappa shape index (κ1) is 14.1. The van der Waals surface area contributed by atoms with E-state index in [0.29, 0.717) is 6.54 Å². The van der Waals surface area contributed by atoms with Crippen molar-refractivity contribution in [1.82, 2.24) is 9.55 Å². The molecule has 2 aromatic rings. The first-order valence-corrected chi connectivity index (χ1v) is 7.26. The molecule has 102 valence electrons. The van der Waals surface area contributed by atoms with Crippen LogP contribution in [0.2, 0.25) is 0 Å². The van der Waals surface area contributed by atoms with Gasteiger partial charge in [0.1, 0.15) is 0 Å². The van der Waals surface area contributed by atoms with E-state index >= 15 is 0 Å². The van der Waals surface area contributed by atoms with Crippen LogP contribution in [0.1, 0.15) is 25.1 Å². The van der Waals surface area contributed by atoms with Crippen LogP contribution < -0.4 is 11.1 Å². The molecule has 1 aromatic heterocycles. The van der Waals surface area contributed by atoms with Gasteiger partial charge in [0.15, 0.2) is 0 Å². The van der Waals surface area contributed by atoms with E-state index in [9.17, 15) is 0 Å². The molecule has 2 rings (SSSR count). The molecule has 3 N–H and O–H groups in total. The van der Waals surface area contributed by atoms with Crippen LogP contribution in [0, 0.1) is 0 Å². The van der Waals surface area contributed by atoms with Gasteiger partial charge >= 0.3 is 0 Å². The highest BCUT2D eigenvalue weighted by Gasteiger charge is 2.14. The van der Waals surface area contributed by atoms with Gasteiger partial charge in [-0.3, -0.25) is 0 Å². The van der Waals surface area contributed by atoms with Crippen LogP contribution in [-0.4, -0.2) is 16.1 Å². The third-order valence-electron chi connectivity index (χ3n) is 2.97. The van der Waals surface area contributed by atoms with E-state index in [-0.39, 0.29) is 6.04 Å². The molecule has 0 aliphatic carbocycles. The van der Waals surface area contributed by atoms with Gasteiger partial charge in [0.05, 0.1) is 24.3 Å². The van der Waals surface area contributed by atoms with Crippen molar-refractivity contribution in [3.05, 3.63) is 47.0 Å². The number of nitrogens with zero attached hydrogens (tertiary/aromatic N) is 2. The molecular formula is C14H19BrN4. The number of rotatable bonds is 6. The molecule has 0 bridgehead atoms. The minimum atomic E-state index is 0.0725. The Balaban J connectivity index is 2.18. The maximum Gasteiger partial charge on any atom is 0.0948 e.